The minimum atomic E-state index is -0.0364. The molecule has 1 saturated carbocycles. The van der Waals surface area contributed by atoms with E-state index >= 15 is 0 Å². The number of benzene rings is 3. The maximum atomic E-state index is 13.8. The van der Waals surface area contributed by atoms with Crippen molar-refractivity contribution in [2.45, 2.75) is 63.6 Å². The lowest BCUT2D eigenvalue weighted by molar-refractivity contribution is 0.0765. The number of hydrogen-bond acceptors (Lipinski definition) is 8. The molecule has 1 spiro atoms. The van der Waals surface area contributed by atoms with Crippen molar-refractivity contribution < 1.29 is 33.6 Å². The smallest absolute Gasteiger partial charge is 0.258 e. The highest BCUT2D eigenvalue weighted by Gasteiger charge is 2.53. The van der Waals surface area contributed by atoms with Gasteiger partial charge < -0.3 is 33.9 Å². The average Bonchev–Trinajstić information content (AvgIpc) is 3.66. The summed E-state index contributed by atoms with van der Waals surface area (Å²) in [5, 5.41) is 9.38. The van der Waals surface area contributed by atoms with Crippen LogP contribution in [-0.2, 0) is 13.0 Å². The van der Waals surface area contributed by atoms with E-state index in [1.54, 1.807) is 32.4 Å². The lowest BCUT2D eigenvalue weighted by atomic mass is 9.97. The second kappa shape index (κ2) is 12.6. The third-order valence-corrected chi connectivity index (χ3v) is 10.7. The van der Waals surface area contributed by atoms with Gasteiger partial charge in [-0.05, 0) is 84.4 Å². The second-order valence-corrected chi connectivity index (χ2v) is 13.8. The lowest BCUT2D eigenvalue weighted by Crippen LogP contribution is -2.35. The highest BCUT2D eigenvalue weighted by atomic mass is 16.5. The van der Waals surface area contributed by atoms with Crippen molar-refractivity contribution in [3.05, 3.63) is 82.5 Å². The quantitative estimate of drug-likeness (QED) is 0.267. The first-order valence-electron chi connectivity index (χ1n) is 17.2. The molecular weight excluding hydrogens is 622 g/mol. The van der Waals surface area contributed by atoms with Gasteiger partial charge in [0.25, 0.3) is 11.8 Å². The van der Waals surface area contributed by atoms with E-state index in [1.165, 1.54) is 12.8 Å². The molecule has 5 aliphatic rings. The summed E-state index contributed by atoms with van der Waals surface area (Å²) in [5.74, 6) is 2.11. The van der Waals surface area contributed by atoms with Gasteiger partial charge in [0.15, 0.2) is 23.0 Å². The SMILES string of the molecule is COc1cc2c(cc1OCCCOc1cc3c(cc1OC)C(=O)N1CC4(CC4)C[C@H]1C=N3)CC[C@@H]1CC(c3ccc(CO)cc3)=CN1C2=O. The van der Waals surface area contributed by atoms with Crippen LogP contribution >= 0.6 is 0 Å². The van der Waals surface area contributed by atoms with Gasteiger partial charge >= 0.3 is 0 Å². The molecule has 0 radical (unpaired) electrons. The van der Waals surface area contributed by atoms with Gasteiger partial charge in [0.1, 0.15) is 0 Å². The number of carbonyl (C=O) groups is 2. The lowest BCUT2D eigenvalue weighted by Gasteiger charge is -2.21. The number of methoxy groups -OCH3 is 2. The Bertz CT molecular complexity index is 1860. The summed E-state index contributed by atoms with van der Waals surface area (Å²) in [6.45, 7) is 1.55. The molecule has 0 bridgehead atoms. The van der Waals surface area contributed by atoms with E-state index in [-0.39, 0.29) is 30.5 Å². The molecule has 1 saturated heterocycles. The van der Waals surface area contributed by atoms with Gasteiger partial charge in [0.2, 0.25) is 0 Å². The number of rotatable bonds is 10. The van der Waals surface area contributed by atoms with E-state index in [2.05, 4.69) is 0 Å². The predicted molar refractivity (Wildman–Crippen MR) is 184 cm³/mol. The minimum Gasteiger partial charge on any atom is -0.493 e. The number of aliphatic hydroxyl groups is 1. The molecule has 0 unspecified atom stereocenters. The van der Waals surface area contributed by atoms with Crippen LogP contribution in [0.4, 0.5) is 5.69 Å². The molecule has 10 nitrogen and oxygen atoms in total. The molecule has 2 fully saturated rings. The average molecular weight is 664 g/mol. The van der Waals surface area contributed by atoms with E-state index in [0.29, 0.717) is 64.9 Å². The van der Waals surface area contributed by atoms with Gasteiger partial charge in [-0.2, -0.15) is 0 Å². The molecule has 254 valence electrons. The zero-order valence-corrected chi connectivity index (χ0v) is 27.9. The molecule has 1 aliphatic carbocycles. The summed E-state index contributed by atoms with van der Waals surface area (Å²) in [7, 11) is 3.16. The number of carbonyl (C=O) groups excluding carboxylic acids is 2. The highest BCUT2D eigenvalue weighted by molar-refractivity contribution is 6.03. The Kier molecular flexibility index (Phi) is 8.06. The standard InChI is InChI=1S/C39H41N3O7/c1-46-33-16-30-26(8-9-28-14-27(21-41(28)37(30)44)25-6-4-24(22-43)5-7-25)15-35(33)48-12-3-13-49-36-18-32-31(17-34(36)47-2)38(45)42-23-39(10-11-39)19-29(42)20-40-32/h4-7,15-18,20-21,28-29,43H,3,8-14,19,22-23H2,1-2H3/t28-,29+/m1/s1. The molecular formula is C39H41N3O7. The predicted octanol–water partition coefficient (Wildman–Crippen LogP) is 5.96. The third kappa shape index (κ3) is 5.82. The third-order valence-electron chi connectivity index (χ3n) is 10.7. The maximum absolute atomic E-state index is 13.8. The van der Waals surface area contributed by atoms with Gasteiger partial charge in [0, 0.05) is 43.1 Å². The van der Waals surface area contributed by atoms with Gasteiger partial charge in [-0.1, -0.05) is 24.3 Å². The number of nitrogens with zero attached hydrogens (tertiary/aromatic N) is 3. The van der Waals surface area contributed by atoms with Crippen LogP contribution in [-0.4, -0.2) is 79.0 Å². The van der Waals surface area contributed by atoms with Crippen LogP contribution in [0.3, 0.4) is 0 Å². The second-order valence-electron chi connectivity index (χ2n) is 13.8. The Morgan fingerprint density at radius 1 is 0.898 bits per heavy atom. The van der Waals surface area contributed by atoms with E-state index in [1.807, 2.05) is 52.5 Å². The fourth-order valence-electron chi connectivity index (χ4n) is 7.74. The molecule has 3 aromatic rings. The number of amides is 2. The fraction of sp³-hybridized carbons (Fsp3) is 0.410. The number of ether oxygens (including phenoxy) is 4. The molecule has 10 heteroatoms. The van der Waals surface area contributed by atoms with Gasteiger partial charge in [-0.15, -0.1) is 0 Å². The topological polar surface area (TPSA) is 110 Å². The zero-order valence-electron chi connectivity index (χ0n) is 27.9. The number of fused-ring (bicyclic) bond motifs is 4. The Morgan fingerprint density at radius 3 is 2.31 bits per heavy atom. The van der Waals surface area contributed by atoms with Crippen molar-refractivity contribution in [3.63, 3.8) is 0 Å². The van der Waals surface area contributed by atoms with Gasteiger partial charge in [-0.3, -0.25) is 14.6 Å². The van der Waals surface area contributed by atoms with Gasteiger partial charge in [-0.25, -0.2) is 0 Å². The molecule has 8 rings (SSSR count). The molecule has 4 aliphatic heterocycles. The Hall–Kier alpha value is -4.83. The Morgan fingerprint density at radius 2 is 1.61 bits per heavy atom. The largest absolute Gasteiger partial charge is 0.493 e. The van der Waals surface area contributed by atoms with Crippen LogP contribution in [0.15, 0.2) is 59.7 Å². The summed E-state index contributed by atoms with van der Waals surface area (Å²) in [6.07, 6.45) is 10.2. The monoisotopic (exact) mass is 663 g/mol. The molecule has 4 heterocycles. The van der Waals surface area contributed by atoms with E-state index < -0.39 is 0 Å². The summed E-state index contributed by atoms with van der Waals surface area (Å²) < 4.78 is 23.6. The molecule has 0 aromatic heterocycles. The van der Waals surface area contributed by atoms with Crippen molar-refractivity contribution in [2.75, 3.05) is 34.0 Å². The van der Waals surface area contributed by atoms with Crippen molar-refractivity contribution in [1.82, 2.24) is 9.80 Å². The van der Waals surface area contributed by atoms with E-state index in [4.69, 9.17) is 23.9 Å². The fourth-order valence-corrected chi connectivity index (χ4v) is 7.74. The number of aryl methyl sites for hydroxylation is 1. The van der Waals surface area contributed by atoms with Crippen molar-refractivity contribution in [1.29, 1.82) is 0 Å². The van der Waals surface area contributed by atoms with Crippen LogP contribution in [0.5, 0.6) is 23.0 Å². The molecule has 2 amide bonds. The van der Waals surface area contributed by atoms with Crippen molar-refractivity contribution in [3.8, 4) is 23.0 Å². The van der Waals surface area contributed by atoms with E-state index in [0.717, 1.165) is 54.5 Å². The molecule has 1 N–H and O–H groups in total. The first-order valence-corrected chi connectivity index (χ1v) is 17.2. The summed E-state index contributed by atoms with van der Waals surface area (Å²) >= 11 is 0. The molecule has 2 atom stereocenters. The Balaban J connectivity index is 0.910. The number of hydrogen-bond donors (Lipinski definition) is 1. The number of aliphatic hydroxyl groups excluding tert-OH is 1. The van der Waals surface area contributed by atoms with Crippen molar-refractivity contribution >= 4 is 29.3 Å². The summed E-state index contributed by atoms with van der Waals surface area (Å²) in [5.41, 5.74) is 6.08. The van der Waals surface area contributed by atoms with Crippen LogP contribution in [0.2, 0.25) is 0 Å². The van der Waals surface area contributed by atoms with Crippen LogP contribution in [0.25, 0.3) is 5.57 Å². The normalized spacial score (nSPS) is 21.3. The van der Waals surface area contributed by atoms with E-state index in [9.17, 15) is 14.7 Å². The van der Waals surface area contributed by atoms with Crippen LogP contribution < -0.4 is 18.9 Å². The van der Waals surface area contributed by atoms with Crippen LogP contribution in [0.1, 0.15) is 75.9 Å². The first kappa shape index (κ1) is 31.4. The van der Waals surface area contributed by atoms with Crippen LogP contribution in [0, 0.1) is 5.41 Å². The van der Waals surface area contributed by atoms with Gasteiger partial charge in [0.05, 0.1) is 51.3 Å². The van der Waals surface area contributed by atoms with Crippen molar-refractivity contribution in [2.24, 2.45) is 10.4 Å². The first-order chi connectivity index (χ1) is 23.9. The maximum Gasteiger partial charge on any atom is 0.258 e. The summed E-state index contributed by atoms with van der Waals surface area (Å²) in [4.78, 5) is 35.7. The Labute approximate surface area is 285 Å². The number of aliphatic imine (C=N–C) groups is 1. The minimum absolute atomic E-state index is 0.00248. The highest BCUT2D eigenvalue weighted by Crippen LogP contribution is 2.55. The molecule has 3 aromatic carbocycles. The summed E-state index contributed by atoms with van der Waals surface area (Å²) in [6, 6.07) is 15.3. The zero-order chi connectivity index (χ0) is 33.7. The molecule has 49 heavy (non-hydrogen) atoms.